The largest absolute Gasteiger partial charge is 0.397 e. The quantitative estimate of drug-likeness (QED) is 0.337. The van der Waals surface area contributed by atoms with Crippen LogP contribution in [0.5, 0.6) is 0 Å². The Morgan fingerprint density at radius 2 is 1.86 bits per heavy atom. The van der Waals surface area contributed by atoms with E-state index in [2.05, 4.69) is 13.2 Å². The van der Waals surface area contributed by atoms with Crippen LogP contribution in [0.3, 0.4) is 0 Å². The van der Waals surface area contributed by atoms with E-state index >= 15 is 0 Å². The number of rotatable bonds is 5. The van der Waals surface area contributed by atoms with Crippen LogP contribution in [-0.4, -0.2) is 17.3 Å². The minimum absolute atomic E-state index is 0.116. The van der Waals surface area contributed by atoms with Gasteiger partial charge in [0.15, 0.2) is 0 Å². The summed E-state index contributed by atoms with van der Waals surface area (Å²) in [7, 11) is 0. The Morgan fingerprint density at radius 1 is 1.38 bits per heavy atom. The lowest BCUT2D eigenvalue weighted by Crippen LogP contribution is -2.46. The third-order valence-electron chi connectivity index (χ3n) is 3.46. The maximum absolute atomic E-state index is 13.8. The van der Waals surface area contributed by atoms with E-state index in [4.69, 9.17) is 23.2 Å². The minimum Gasteiger partial charge on any atom is -0.397 e. The summed E-state index contributed by atoms with van der Waals surface area (Å²) in [6, 6.07) is 1.48. The van der Waals surface area contributed by atoms with Crippen molar-refractivity contribution in [2.75, 3.05) is 17.3 Å². The molecule has 6 heteroatoms. The molecule has 0 spiro atoms. The molecule has 0 amide bonds. The molecule has 1 aromatic rings. The van der Waals surface area contributed by atoms with Gasteiger partial charge in [-0.3, -0.25) is 0 Å². The van der Waals surface area contributed by atoms with Gasteiger partial charge in [0.25, 0.3) is 0 Å². The number of hydrogen-bond donors (Lipinski definition) is 3. The first-order valence-corrected chi connectivity index (χ1v) is 7.12. The Hall–Kier alpha value is -1.30. The van der Waals surface area contributed by atoms with Gasteiger partial charge in [0.2, 0.25) is 0 Å². The van der Waals surface area contributed by atoms with E-state index in [1.165, 1.54) is 11.1 Å². The number of nitrogens with zero attached hydrogens (tertiary/aromatic N) is 1. The molecule has 0 bridgehead atoms. The number of aryl methyl sites for hydroxylation is 1. The summed E-state index contributed by atoms with van der Waals surface area (Å²) < 4.78 is 13.8. The van der Waals surface area contributed by atoms with Gasteiger partial charge in [-0.15, -0.1) is 13.2 Å². The predicted octanol–water partition coefficient (Wildman–Crippen LogP) is 3.40. The van der Waals surface area contributed by atoms with Crippen LogP contribution in [0.2, 0.25) is 5.02 Å². The fourth-order valence-electron chi connectivity index (χ4n) is 1.93. The van der Waals surface area contributed by atoms with Gasteiger partial charge < -0.3 is 15.8 Å². The van der Waals surface area contributed by atoms with E-state index in [0.29, 0.717) is 24.1 Å². The van der Waals surface area contributed by atoms with Gasteiger partial charge in [-0.2, -0.15) is 0 Å². The average Bonchev–Trinajstić information content (AvgIpc) is 2.46. The number of hydrogen-bond acceptors (Lipinski definition) is 4. The summed E-state index contributed by atoms with van der Waals surface area (Å²) in [4.78, 5) is 0. The monoisotopic (exact) mass is 317 g/mol. The summed E-state index contributed by atoms with van der Waals surface area (Å²) in [6.07, 6.45) is 1.06. The van der Waals surface area contributed by atoms with Crippen molar-refractivity contribution < 1.29 is 9.50 Å². The molecule has 0 fully saturated rings. The zero-order chi connectivity index (χ0) is 16.8. The molecule has 0 aromatic heterocycles. The highest BCUT2D eigenvalue weighted by atomic mass is 35.5. The van der Waals surface area contributed by atoms with Gasteiger partial charge in [-0.05, 0) is 31.4 Å². The second-order valence-corrected chi connectivity index (χ2v) is 5.20. The van der Waals surface area contributed by atoms with E-state index in [1.54, 1.807) is 6.92 Å². The molecule has 4 nitrogen and oxygen atoms in total. The lowest BCUT2D eigenvalue weighted by atomic mass is 9.97. The van der Waals surface area contributed by atoms with Crippen LogP contribution < -0.4 is 16.6 Å². The van der Waals surface area contributed by atoms with E-state index in [-0.39, 0.29) is 17.3 Å². The normalized spacial score (nSPS) is 10.8. The van der Waals surface area contributed by atoms with Crippen molar-refractivity contribution in [1.29, 1.82) is 0 Å². The summed E-state index contributed by atoms with van der Waals surface area (Å²) >= 11 is 5.96. The number of halogens is 2. The predicted molar refractivity (Wildman–Crippen MR) is 88.9 cm³/mol. The molecule has 0 heterocycles. The molecule has 0 saturated heterocycles. The lowest BCUT2D eigenvalue weighted by molar-refractivity contribution is 0.0393. The zero-order valence-corrected chi connectivity index (χ0v) is 13.7. The Kier molecular flexibility index (Phi) is 7.71. The van der Waals surface area contributed by atoms with E-state index < -0.39 is 11.4 Å². The van der Waals surface area contributed by atoms with Crippen molar-refractivity contribution in [3.05, 3.63) is 35.6 Å². The third kappa shape index (κ3) is 4.59. The molecule has 1 rings (SSSR count). The fraction of sp³-hybridized carbons (Fsp3) is 0.467. The van der Waals surface area contributed by atoms with Gasteiger partial charge in [0.1, 0.15) is 10.8 Å². The molecule has 0 aliphatic heterocycles. The van der Waals surface area contributed by atoms with Gasteiger partial charge in [-0.25, -0.2) is 10.2 Å². The summed E-state index contributed by atoms with van der Waals surface area (Å²) in [5.41, 5.74) is 5.75. The lowest BCUT2D eigenvalue weighted by Gasteiger charge is -2.32. The fourth-order valence-corrected chi connectivity index (χ4v) is 2.30. The summed E-state index contributed by atoms with van der Waals surface area (Å²) in [5, 5.41) is 11.4. The maximum Gasteiger partial charge on any atom is 0.147 e. The van der Waals surface area contributed by atoms with Crippen molar-refractivity contribution >= 4 is 23.0 Å². The molecular formula is C15H25ClFN3O. The van der Waals surface area contributed by atoms with Crippen molar-refractivity contribution in [1.82, 2.24) is 0 Å². The molecule has 0 aliphatic rings. The van der Waals surface area contributed by atoms with Crippen LogP contribution in [0.4, 0.5) is 15.8 Å². The van der Waals surface area contributed by atoms with Crippen LogP contribution in [0.15, 0.2) is 19.2 Å². The number of nitrogens with two attached hydrogens (primary N) is 2. The number of benzene rings is 1. The van der Waals surface area contributed by atoms with Crippen LogP contribution in [0.25, 0.3) is 0 Å². The van der Waals surface area contributed by atoms with E-state index in [0.717, 1.165) is 0 Å². The van der Waals surface area contributed by atoms with Crippen molar-refractivity contribution in [2.45, 2.75) is 39.2 Å². The Morgan fingerprint density at radius 3 is 2.29 bits per heavy atom. The summed E-state index contributed by atoms with van der Waals surface area (Å²) in [6.45, 7) is 11.4. The standard InChI is InChI=1S/C13H21ClFN3O.C2H4/c1-4-13(19,5-2)7-18(17)12-9(16)6-8(3)11(15)10(12)14;1-2/h6,19H,4-5,7,16-17H2,1-3H3;1-2H2. The van der Waals surface area contributed by atoms with Gasteiger partial charge in [0, 0.05) is 0 Å². The molecule has 5 N–H and O–H groups in total. The molecule has 120 valence electrons. The van der Waals surface area contributed by atoms with Gasteiger partial charge >= 0.3 is 0 Å². The Bertz CT molecular complexity index is 478. The van der Waals surface area contributed by atoms with Crippen molar-refractivity contribution in [3.63, 3.8) is 0 Å². The van der Waals surface area contributed by atoms with Crippen LogP contribution in [0, 0.1) is 12.7 Å². The molecule has 0 radical (unpaired) electrons. The molecule has 0 atom stereocenters. The Labute approximate surface area is 131 Å². The van der Waals surface area contributed by atoms with Gasteiger partial charge in [-0.1, -0.05) is 25.4 Å². The first kappa shape index (κ1) is 19.7. The highest BCUT2D eigenvalue weighted by Gasteiger charge is 2.27. The molecule has 0 saturated carbocycles. The van der Waals surface area contributed by atoms with Crippen LogP contribution >= 0.6 is 11.6 Å². The molecular weight excluding hydrogens is 293 g/mol. The SMILES string of the molecule is C=C.CCC(O)(CC)CN(N)c1c(N)cc(C)c(F)c1Cl. The maximum atomic E-state index is 13.8. The third-order valence-corrected chi connectivity index (χ3v) is 3.81. The molecule has 1 aromatic carbocycles. The molecule has 0 unspecified atom stereocenters. The smallest absolute Gasteiger partial charge is 0.147 e. The van der Waals surface area contributed by atoms with E-state index in [1.807, 2.05) is 13.8 Å². The topological polar surface area (TPSA) is 75.5 Å². The van der Waals surface area contributed by atoms with Crippen molar-refractivity contribution in [3.8, 4) is 0 Å². The van der Waals surface area contributed by atoms with Crippen molar-refractivity contribution in [2.24, 2.45) is 5.84 Å². The first-order valence-electron chi connectivity index (χ1n) is 6.74. The number of anilines is 2. The minimum atomic E-state index is -0.952. The second kappa shape index (κ2) is 8.22. The number of nitrogen functional groups attached to an aromatic ring is 1. The van der Waals surface area contributed by atoms with Crippen LogP contribution in [0.1, 0.15) is 32.3 Å². The average molecular weight is 318 g/mol. The highest BCUT2D eigenvalue weighted by Crippen LogP contribution is 2.35. The van der Waals surface area contributed by atoms with Crippen LogP contribution in [-0.2, 0) is 0 Å². The Balaban J connectivity index is 0.00000191. The van der Waals surface area contributed by atoms with Gasteiger partial charge in [0.05, 0.1) is 23.5 Å². The zero-order valence-electron chi connectivity index (χ0n) is 12.9. The molecule has 21 heavy (non-hydrogen) atoms. The number of hydrazine groups is 1. The summed E-state index contributed by atoms with van der Waals surface area (Å²) in [5.74, 6) is 5.35. The first-order chi connectivity index (χ1) is 9.75. The number of aliphatic hydroxyl groups is 1. The van der Waals surface area contributed by atoms with E-state index in [9.17, 15) is 9.50 Å². The molecule has 0 aliphatic carbocycles. The second-order valence-electron chi connectivity index (χ2n) is 4.82. The highest BCUT2D eigenvalue weighted by molar-refractivity contribution is 6.34.